The molecule has 3 aromatic rings. The van der Waals surface area contributed by atoms with Gasteiger partial charge < -0.3 is 30.1 Å². The van der Waals surface area contributed by atoms with E-state index in [0.29, 0.717) is 40.4 Å². The fourth-order valence-corrected chi connectivity index (χ4v) is 6.41. The predicted octanol–water partition coefficient (Wildman–Crippen LogP) is 2.64. The summed E-state index contributed by atoms with van der Waals surface area (Å²) in [5.41, 5.74) is 1.43. The van der Waals surface area contributed by atoms with Crippen molar-refractivity contribution in [3.8, 4) is 0 Å². The van der Waals surface area contributed by atoms with E-state index in [4.69, 9.17) is 4.98 Å². The summed E-state index contributed by atoms with van der Waals surface area (Å²) in [5, 5.41) is 17.3. The molecule has 11 heteroatoms. The SMILES string of the molecule is O=C(O)c1cc2cnc(Nc3ccc(C(=O)N4CC5CCC(C4)N5)cn3)nc2n1C1CCN(C2CC2)CC1. The Labute approximate surface area is 220 Å². The van der Waals surface area contributed by atoms with E-state index in [0.717, 1.165) is 57.9 Å². The van der Waals surface area contributed by atoms with E-state index in [2.05, 4.69) is 25.5 Å². The van der Waals surface area contributed by atoms with Crippen molar-refractivity contribution in [2.24, 2.45) is 0 Å². The highest BCUT2D eigenvalue weighted by atomic mass is 16.4. The molecule has 0 radical (unpaired) electrons. The molecule has 3 aromatic heterocycles. The first-order chi connectivity index (χ1) is 18.5. The van der Waals surface area contributed by atoms with Crippen molar-refractivity contribution in [1.29, 1.82) is 0 Å². The average Bonchev–Trinajstić information content (AvgIpc) is 3.64. The van der Waals surface area contributed by atoms with Gasteiger partial charge >= 0.3 is 5.97 Å². The van der Waals surface area contributed by atoms with Gasteiger partial charge in [0.2, 0.25) is 5.95 Å². The highest BCUT2D eigenvalue weighted by Gasteiger charge is 2.35. The fraction of sp³-hybridized carbons (Fsp3) is 0.519. The summed E-state index contributed by atoms with van der Waals surface area (Å²) < 4.78 is 1.88. The van der Waals surface area contributed by atoms with E-state index < -0.39 is 5.97 Å². The summed E-state index contributed by atoms with van der Waals surface area (Å²) in [6, 6.07) is 6.78. The number of piperazine rings is 1. The number of anilines is 2. The molecular weight excluding hydrogens is 484 g/mol. The van der Waals surface area contributed by atoms with Crippen molar-refractivity contribution in [3.05, 3.63) is 41.9 Å². The number of carbonyl (C=O) groups excluding carboxylic acids is 1. The maximum absolute atomic E-state index is 13.0. The van der Waals surface area contributed by atoms with Crippen molar-refractivity contribution < 1.29 is 14.7 Å². The number of hydrogen-bond acceptors (Lipinski definition) is 8. The summed E-state index contributed by atoms with van der Waals surface area (Å²) in [7, 11) is 0. The van der Waals surface area contributed by atoms with Crippen LogP contribution in [-0.4, -0.2) is 90.6 Å². The Morgan fingerprint density at radius 2 is 1.71 bits per heavy atom. The molecule has 0 aromatic carbocycles. The number of piperidine rings is 1. The normalized spacial score (nSPS) is 24.2. The molecule has 6 heterocycles. The molecule has 3 aliphatic heterocycles. The Bertz CT molecular complexity index is 1360. The predicted molar refractivity (Wildman–Crippen MR) is 141 cm³/mol. The lowest BCUT2D eigenvalue weighted by Gasteiger charge is -2.33. The van der Waals surface area contributed by atoms with Gasteiger partial charge in [0, 0.05) is 68.1 Å². The Balaban J connectivity index is 1.09. The van der Waals surface area contributed by atoms with Crippen LogP contribution in [-0.2, 0) is 0 Å². The van der Waals surface area contributed by atoms with Gasteiger partial charge in [0.25, 0.3) is 5.91 Å². The quantitative estimate of drug-likeness (QED) is 0.453. The molecule has 0 spiro atoms. The van der Waals surface area contributed by atoms with Crippen molar-refractivity contribution >= 4 is 34.7 Å². The Kier molecular flexibility index (Phi) is 5.77. The molecule has 2 bridgehead atoms. The Morgan fingerprint density at radius 1 is 0.947 bits per heavy atom. The smallest absolute Gasteiger partial charge is 0.352 e. The van der Waals surface area contributed by atoms with E-state index in [1.165, 1.54) is 12.8 Å². The van der Waals surface area contributed by atoms with Gasteiger partial charge in [0.15, 0.2) is 0 Å². The summed E-state index contributed by atoms with van der Waals surface area (Å²) in [5.74, 6) is -0.0847. The van der Waals surface area contributed by atoms with E-state index in [9.17, 15) is 14.7 Å². The second-order valence-corrected chi connectivity index (χ2v) is 11.1. The Morgan fingerprint density at radius 3 is 2.37 bits per heavy atom. The monoisotopic (exact) mass is 516 g/mol. The number of hydrogen-bond donors (Lipinski definition) is 3. The summed E-state index contributed by atoms with van der Waals surface area (Å²) in [6.45, 7) is 3.44. The van der Waals surface area contributed by atoms with Crippen molar-refractivity contribution in [2.75, 3.05) is 31.5 Å². The summed E-state index contributed by atoms with van der Waals surface area (Å²) in [6.07, 6.45) is 9.85. The van der Waals surface area contributed by atoms with Crippen LogP contribution in [0.15, 0.2) is 30.6 Å². The van der Waals surface area contributed by atoms with Gasteiger partial charge in [-0.3, -0.25) is 4.79 Å². The molecule has 198 valence electrons. The number of amides is 1. The maximum Gasteiger partial charge on any atom is 0.352 e. The van der Waals surface area contributed by atoms with Gasteiger partial charge in [-0.2, -0.15) is 4.98 Å². The van der Waals surface area contributed by atoms with Crippen LogP contribution in [0.3, 0.4) is 0 Å². The zero-order valence-electron chi connectivity index (χ0n) is 21.2. The minimum absolute atomic E-state index is 0.00637. The molecule has 2 unspecified atom stereocenters. The first kappa shape index (κ1) is 23.5. The topological polar surface area (TPSA) is 129 Å². The van der Waals surface area contributed by atoms with Crippen LogP contribution in [0.2, 0.25) is 0 Å². The van der Waals surface area contributed by atoms with Crippen LogP contribution in [0.1, 0.15) is 65.4 Å². The molecule has 4 fully saturated rings. The van der Waals surface area contributed by atoms with Gasteiger partial charge in [0.1, 0.15) is 17.2 Å². The molecule has 1 amide bonds. The molecule has 7 rings (SSSR count). The number of likely N-dealkylation sites (tertiary alicyclic amines) is 2. The highest BCUT2D eigenvalue weighted by Crippen LogP contribution is 2.35. The van der Waals surface area contributed by atoms with Crippen LogP contribution in [0.4, 0.5) is 11.8 Å². The number of fused-ring (bicyclic) bond motifs is 3. The van der Waals surface area contributed by atoms with E-state index in [-0.39, 0.29) is 17.6 Å². The first-order valence-corrected chi connectivity index (χ1v) is 13.7. The first-order valence-electron chi connectivity index (χ1n) is 13.7. The number of aromatic carboxylic acids is 1. The molecule has 3 N–H and O–H groups in total. The van der Waals surface area contributed by atoms with Crippen LogP contribution < -0.4 is 10.6 Å². The largest absolute Gasteiger partial charge is 0.477 e. The minimum Gasteiger partial charge on any atom is -0.477 e. The third-order valence-corrected chi connectivity index (χ3v) is 8.48. The molecule has 1 aliphatic carbocycles. The third-order valence-electron chi connectivity index (χ3n) is 8.48. The van der Waals surface area contributed by atoms with Gasteiger partial charge in [-0.15, -0.1) is 0 Å². The second kappa shape index (κ2) is 9.32. The molecule has 2 atom stereocenters. The van der Waals surface area contributed by atoms with Crippen LogP contribution >= 0.6 is 0 Å². The van der Waals surface area contributed by atoms with Gasteiger partial charge in [-0.25, -0.2) is 14.8 Å². The van der Waals surface area contributed by atoms with Crippen LogP contribution in [0, 0.1) is 0 Å². The summed E-state index contributed by atoms with van der Waals surface area (Å²) in [4.78, 5) is 43.1. The van der Waals surface area contributed by atoms with Gasteiger partial charge in [-0.1, -0.05) is 0 Å². The molecule has 38 heavy (non-hydrogen) atoms. The number of nitrogens with one attached hydrogen (secondary N) is 2. The number of carboxylic acid groups (broad SMARTS) is 1. The third kappa shape index (κ3) is 4.39. The van der Waals surface area contributed by atoms with Gasteiger partial charge in [0.05, 0.1) is 5.56 Å². The zero-order valence-corrected chi connectivity index (χ0v) is 21.2. The number of rotatable bonds is 6. The fourth-order valence-electron chi connectivity index (χ4n) is 6.41. The van der Waals surface area contributed by atoms with Crippen molar-refractivity contribution in [2.45, 2.75) is 62.7 Å². The van der Waals surface area contributed by atoms with Crippen molar-refractivity contribution in [3.63, 3.8) is 0 Å². The van der Waals surface area contributed by atoms with Crippen molar-refractivity contribution in [1.82, 2.24) is 34.6 Å². The number of nitrogens with zero attached hydrogens (tertiary/aromatic N) is 6. The molecule has 1 saturated carbocycles. The van der Waals surface area contributed by atoms with Crippen LogP contribution in [0.25, 0.3) is 11.0 Å². The molecular formula is C27H32N8O3. The van der Waals surface area contributed by atoms with Crippen LogP contribution in [0.5, 0.6) is 0 Å². The van der Waals surface area contributed by atoms with E-state index in [1.807, 2.05) is 9.47 Å². The minimum atomic E-state index is -0.957. The standard InChI is InChI=1S/C27H32N8O3/c36-25(34-14-18-2-3-19(15-34)30-18)16-1-6-23(28-12-16)31-27-29-13-17-11-22(26(37)38)35(24(17)32-27)21-7-9-33(10-8-21)20-4-5-20/h1,6,11-13,18-21,30H,2-5,7-10,14-15H2,(H,37,38)(H,28,29,31,32). The summed E-state index contributed by atoms with van der Waals surface area (Å²) >= 11 is 0. The average molecular weight is 517 g/mol. The number of pyridine rings is 1. The second-order valence-electron chi connectivity index (χ2n) is 11.1. The lowest BCUT2D eigenvalue weighted by atomic mass is 10.0. The Hall–Kier alpha value is -3.57. The zero-order chi connectivity index (χ0) is 25.8. The molecule has 11 nitrogen and oxygen atoms in total. The molecule has 3 saturated heterocycles. The van der Waals surface area contributed by atoms with Gasteiger partial charge in [-0.05, 0) is 56.7 Å². The highest BCUT2D eigenvalue weighted by molar-refractivity contribution is 5.95. The maximum atomic E-state index is 13.0. The molecule has 4 aliphatic rings. The number of carboxylic acids is 1. The lowest BCUT2D eigenvalue weighted by Crippen LogP contribution is -2.53. The lowest BCUT2D eigenvalue weighted by molar-refractivity contribution is 0.0675. The van der Waals surface area contributed by atoms with E-state index in [1.54, 1.807) is 30.6 Å². The number of aromatic nitrogens is 4. The number of carbonyl (C=O) groups is 2. The van der Waals surface area contributed by atoms with E-state index >= 15 is 0 Å².